The van der Waals surface area contributed by atoms with Gasteiger partial charge >= 0.3 is 0 Å². The molecule has 166 valence electrons. The molecule has 4 aromatic rings. The van der Waals surface area contributed by atoms with Crippen molar-refractivity contribution in [1.82, 2.24) is 20.0 Å². The molecule has 0 fully saturated rings. The van der Waals surface area contributed by atoms with Gasteiger partial charge in [-0.3, -0.25) is 9.78 Å². The molecule has 8 heteroatoms. The highest BCUT2D eigenvalue weighted by Crippen LogP contribution is 2.34. The minimum atomic E-state index is -0.132. The fraction of sp³-hybridized carbons (Fsp3) is 0.292. The van der Waals surface area contributed by atoms with Gasteiger partial charge < -0.3 is 23.9 Å². The number of fused-ring (bicyclic) bond motifs is 1. The molecule has 0 radical (unpaired) electrons. The first kappa shape index (κ1) is 21.4. The summed E-state index contributed by atoms with van der Waals surface area (Å²) in [4.78, 5) is 17.2. The molecule has 32 heavy (non-hydrogen) atoms. The van der Waals surface area contributed by atoms with Crippen molar-refractivity contribution >= 4 is 16.8 Å². The Morgan fingerprint density at radius 2 is 1.94 bits per heavy atom. The predicted octanol–water partition coefficient (Wildman–Crippen LogP) is 4.15. The normalized spacial score (nSPS) is 11.2. The molecule has 4 rings (SSSR count). The molecular weight excluding hydrogens is 408 g/mol. The molecule has 0 aliphatic carbocycles. The Morgan fingerprint density at radius 1 is 1.12 bits per heavy atom. The first-order valence-electron chi connectivity index (χ1n) is 10.4. The lowest BCUT2D eigenvalue weighted by Gasteiger charge is -2.12. The van der Waals surface area contributed by atoms with Gasteiger partial charge in [0.25, 0.3) is 0 Å². The van der Waals surface area contributed by atoms with E-state index in [4.69, 9.17) is 14.0 Å². The zero-order valence-corrected chi connectivity index (χ0v) is 18.6. The number of carbonyl (C=O) groups is 1. The van der Waals surface area contributed by atoms with Crippen LogP contribution in [-0.2, 0) is 17.9 Å². The highest BCUT2D eigenvalue weighted by molar-refractivity contribution is 5.93. The second kappa shape index (κ2) is 9.13. The first-order valence-corrected chi connectivity index (χ1v) is 10.4. The van der Waals surface area contributed by atoms with E-state index in [2.05, 4.69) is 15.5 Å². The third-order valence-corrected chi connectivity index (χ3v) is 5.28. The van der Waals surface area contributed by atoms with Crippen LogP contribution in [0.3, 0.4) is 0 Å². The zero-order chi connectivity index (χ0) is 22.7. The molecular formula is C24H26N4O4. The zero-order valence-electron chi connectivity index (χ0n) is 18.6. The maximum Gasteiger partial charge on any atom is 0.240 e. The SMILES string of the molecule is COc1ccc(-c2nccc3ccn(CC(=O)NCc4cc(C(C)C)no4)c23)cc1OC. The molecule has 8 nitrogen and oxygen atoms in total. The number of amides is 1. The maximum absolute atomic E-state index is 12.6. The van der Waals surface area contributed by atoms with Crippen molar-refractivity contribution in [2.75, 3.05) is 14.2 Å². The molecule has 3 aromatic heterocycles. The predicted molar refractivity (Wildman–Crippen MR) is 121 cm³/mol. The van der Waals surface area contributed by atoms with Crippen LogP contribution in [0.5, 0.6) is 11.5 Å². The largest absolute Gasteiger partial charge is 0.493 e. The van der Waals surface area contributed by atoms with E-state index in [1.165, 1.54) is 0 Å². The van der Waals surface area contributed by atoms with Gasteiger partial charge in [-0.2, -0.15) is 0 Å². The van der Waals surface area contributed by atoms with Crippen molar-refractivity contribution in [2.24, 2.45) is 0 Å². The van der Waals surface area contributed by atoms with Crippen molar-refractivity contribution in [3.05, 3.63) is 60.2 Å². The Bertz CT molecular complexity index is 1240. The molecule has 0 aliphatic rings. The highest BCUT2D eigenvalue weighted by atomic mass is 16.5. The van der Waals surface area contributed by atoms with Crippen molar-refractivity contribution in [3.63, 3.8) is 0 Å². The summed E-state index contributed by atoms with van der Waals surface area (Å²) < 4.78 is 18.0. The van der Waals surface area contributed by atoms with Crippen LogP contribution in [0, 0.1) is 0 Å². The van der Waals surface area contributed by atoms with Gasteiger partial charge in [-0.15, -0.1) is 0 Å². The number of methoxy groups -OCH3 is 2. The van der Waals surface area contributed by atoms with Crippen molar-refractivity contribution in [1.29, 1.82) is 0 Å². The third-order valence-electron chi connectivity index (χ3n) is 5.28. The standard InChI is InChI=1S/C24H26N4O4/c1-15(2)19-12-18(32-27-19)13-26-22(29)14-28-10-8-16-7-9-25-23(24(16)28)17-5-6-20(30-3)21(11-17)31-4/h5-12,15H,13-14H2,1-4H3,(H,26,29). The van der Waals surface area contributed by atoms with Gasteiger partial charge in [-0.05, 0) is 36.2 Å². The topological polar surface area (TPSA) is 91.4 Å². The summed E-state index contributed by atoms with van der Waals surface area (Å²) in [5.41, 5.74) is 3.38. The third kappa shape index (κ3) is 4.30. The van der Waals surface area contributed by atoms with Crippen LogP contribution >= 0.6 is 0 Å². The number of aromatic nitrogens is 3. The molecule has 0 spiro atoms. The Labute approximate surface area is 186 Å². The maximum atomic E-state index is 12.6. The van der Waals surface area contributed by atoms with E-state index in [1.807, 2.05) is 61.0 Å². The lowest BCUT2D eigenvalue weighted by Crippen LogP contribution is -2.26. The van der Waals surface area contributed by atoms with Gasteiger partial charge in [-0.1, -0.05) is 19.0 Å². The van der Waals surface area contributed by atoms with Gasteiger partial charge in [0.05, 0.1) is 37.7 Å². The molecule has 3 heterocycles. The van der Waals surface area contributed by atoms with E-state index in [9.17, 15) is 4.79 Å². The number of benzene rings is 1. The number of carbonyl (C=O) groups excluding carboxylic acids is 1. The molecule has 0 saturated carbocycles. The van der Waals surface area contributed by atoms with Crippen LogP contribution in [0.4, 0.5) is 0 Å². The summed E-state index contributed by atoms with van der Waals surface area (Å²) in [6.07, 6.45) is 3.65. The van der Waals surface area contributed by atoms with Crippen LogP contribution in [0.15, 0.2) is 53.3 Å². The molecule has 0 bridgehead atoms. The summed E-state index contributed by atoms with van der Waals surface area (Å²) in [6, 6.07) is 11.4. The fourth-order valence-corrected chi connectivity index (χ4v) is 3.56. The number of rotatable bonds is 8. The smallest absolute Gasteiger partial charge is 0.240 e. The van der Waals surface area contributed by atoms with Crippen LogP contribution in [0.2, 0.25) is 0 Å². The second-order valence-corrected chi connectivity index (χ2v) is 7.76. The van der Waals surface area contributed by atoms with Crippen LogP contribution in [0.25, 0.3) is 22.2 Å². The quantitative estimate of drug-likeness (QED) is 0.448. The number of nitrogens with zero attached hydrogens (tertiary/aromatic N) is 3. The summed E-state index contributed by atoms with van der Waals surface area (Å²) in [5.74, 6) is 2.04. The highest BCUT2D eigenvalue weighted by Gasteiger charge is 2.15. The van der Waals surface area contributed by atoms with E-state index in [0.717, 1.165) is 27.9 Å². The Balaban J connectivity index is 1.57. The minimum absolute atomic E-state index is 0.132. The molecule has 0 aliphatic heterocycles. The number of pyridine rings is 1. The number of hydrogen-bond acceptors (Lipinski definition) is 6. The van der Waals surface area contributed by atoms with E-state index in [-0.39, 0.29) is 18.4 Å². The summed E-state index contributed by atoms with van der Waals surface area (Å²) in [7, 11) is 3.20. The molecule has 0 saturated heterocycles. The monoisotopic (exact) mass is 434 g/mol. The van der Waals surface area contributed by atoms with Gasteiger partial charge in [0.15, 0.2) is 17.3 Å². The number of ether oxygens (including phenoxy) is 2. The summed E-state index contributed by atoms with van der Waals surface area (Å²) in [5, 5.41) is 7.91. The van der Waals surface area contributed by atoms with Gasteiger partial charge in [-0.25, -0.2) is 0 Å². The molecule has 1 N–H and O–H groups in total. The van der Waals surface area contributed by atoms with Crippen molar-refractivity contribution in [2.45, 2.75) is 32.9 Å². The van der Waals surface area contributed by atoms with E-state index in [0.29, 0.717) is 23.8 Å². The summed E-state index contributed by atoms with van der Waals surface area (Å²) >= 11 is 0. The van der Waals surface area contributed by atoms with Gasteiger partial charge in [0.1, 0.15) is 6.54 Å². The summed E-state index contributed by atoms with van der Waals surface area (Å²) in [6.45, 7) is 4.53. The van der Waals surface area contributed by atoms with Crippen LogP contribution < -0.4 is 14.8 Å². The Morgan fingerprint density at radius 3 is 2.66 bits per heavy atom. The van der Waals surface area contributed by atoms with Gasteiger partial charge in [0, 0.05) is 29.4 Å². The van der Waals surface area contributed by atoms with E-state index in [1.54, 1.807) is 20.4 Å². The lowest BCUT2D eigenvalue weighted by atomic mass is 10.1. The first-order chi connectivity index (χ1) is 15.5. The Hall–Kier alpha value is -3.81. The van der Waals surface area contributed by atoms with Crippen LogP contribution in [-0.4, -0.2) is 34.8 Å². The van der Waals surface area contributed by atoms with E-state index < -0.39 is 0 Å². The molecule has 1 aromatic carbocycles. The number of nitrogens with one attached hydrogen (secondary N) is 1. The van der Waals surface area contributed by atoms with Crippen molar-refractivity contribution < 1.29 is 18.8 Å². The molecule has 0 atom stereocenters. The fourth-order valence-electron chi connectivity index (χ4n) is 3.56. The van der Waals surface area contributed by atoms with E-state index >= 15 is 0 Å². The second-order valence-electron chi connectivity index (χ2n) is 7.76. The average Bonchev–Trinajstić information content (AvgIpc) is 3.45. The lowest BCUT2D eigenvalue weighted by molar-refractivity contribution is -0.121. The minimum Gasteiger partial charge on any atom is -0.493 e. The van der Waals surface area contributed by atoms with Gasteiger partial charge in [0.2, 0.25) is 5.91 Å². The average molecular weight is 434 g/mol. The van der Waals surface area contributed by atoms with Crippen molar-refractivity contribution in [3.8, 4) is 22.8 Å². The molecule has 1 amide bonds. The number of hydrogen-bond donors (Lipinski definition) is 1. The van der Waals surface area contributed by atoms with Crippen LogP contribution in [0.1, 0.15) is 31.2 Å². The molecule has 0 unspecified atom stereocenters. The Kier molecular flexibility index (Phi) is 6.11.